The molecule has 0 unspecified atom stereocenters. The molecule has 0 aliphatic carbocycles. The van der Waals surface area contributed by atoms with Gasteiger partial charge in [0, 0.05) is 45.1 Å². The topological polar surface area (TPSA) is 67.6 Å². The van der Waals surface area contributed by atoms with Gasteiger partial charge in [0.25, 0.3) is 0 Å². The molecular formula is C20H27N3O3. The van der Waals surface area contributed by atoms with Gasteiger partial charge in [0.15, 0.2) is 0 Å². The van der Waals surface area contributed by atoms with E-state index in [2.05, 4.69) is 28.4 Å². The molecule has 3 rings (SSSR count). The second-order valence-corrected chi connectivity index (χ2v) is 7.07. The Labute approximate surface area is 154 Å². The summed E-state index contributed by atoms with van der Waals surface area (Å²) in [6.45, 7) is 6.50. The van der Waals surface area contributed by atoms with E-state index in [1.807, 2.05) is 31.2 Å². The molecule has 1 amide bonds. The standard InChI is InChI=1S/C20H27N3O3/c1-14-6-4-5-7-16(14)10-21-20(24)13-23-11-17(19(12-23)25-3)9-18-8-15(2)22-26-18/h4-8,17,19H,9-13H2,1-3H3,(H,21,24)/t17-,19+/m1/s1. The van der Waals surface area contributed by atoms with Crippen LogP contribution in [0, 0.1) is 19.8 Å². The first-order valence-electron chi connectivity index (χ1n) is 9.03. The van der Waals surface area contributed by atoms with Crippen LogP contribution in [0.3, 0.4) is 0 Å². The highest BCUT2D eigenvalue weighted by Gasteiger charge is 2.34. The Bertz CT molecular complexity index is 743. The summed E-state index contributed by atoms with van der Waals surface area (Å²) in [5.41, 5.74) is 3.23. The number of nitrogens with one attached hydrogen (secondary N) is 1. The maximum absolute atomic E-state index is 12.3. The molecule has 1 saturated heterocycles. The zero-order valence-electron chi connectivity index (χ0n) is 15.7. The van der Waals surface area contributed by atoms with Crippen molar-refractivity contribution in [2.75, 3.05) is 26.7 Å². The molecule has 1 aromatic carbocycles. The molecule has 1 aliphatic heterocycles. The lowest BCUT2D eigenvalue weighted by atomic mass is 10.0. The van der Waals surface area contributed by atoms with Gasteiger partial charge in [-0.05, 0) is 25.0 Å². The van der Waals surface area contributed by atoms with Gasteiger partial charge in [0.05, 0.1) is 18.3 Å². The van der Waals surface area contributed by atoms with Crippen molar-refractivity contribution in [2.24, 2.45) is 5.92 Å². The van der Waals surface area contributed by atoms with Crippen LogP contribution in [0.5, 0.6) is 0 Å². The molecule has 1 N–H and O–H groups in total. The van der Waals surface area contributed by atoms with E-state index in [0.29, 0.717) is 19.0 Å². The van der Waals surface area contributed by atoms with Crippen molar-refractivity contribution in [1.82, 2.24) is 15.4 Å². The zero-order valence-corrected chi connectivity index (χ0v) is 15.7. The predicted molar refractivity (Wildman–Crippen MR) is 98.7 cm³/mol. The largest absolute Gasteiger partial charge is 0.380 e. The average Bonchev–Trinajstić information content (AvgIpc) is 3.20. The molecule has 6 heteroatoms. The van der Waals surface area contributed by atoms with Crippen molar-refractivity contribution >= 4 is 5.91 Å². The highest BCUT2D eigenvalue weighted by atomic mass is 16.5. The number of hydrogen-bond donors (Lipinski definition) is 1. The van der Waals surface area contributed by atoms with E-state index in [1.54, 1.807) is 7.11 Å². The summed E-state index contributed by atoms with van der Waals surface area (Å²) in [4.78, 5) is 14.5. The minimum atomic E-state index is 0.0410. The van der Waals surface area contributed by atoms with Crippen molar-refractivity contribution in [3.8, 4) is 0 Å². The van der Waals surface area contributed by atoms with Crippen molar-refractivity contribution in [2.45, 2.75) is 32.9 Å². The summed E-state index contributed by atoms with van der Waals surface area (Å²) in [5, 5.41) is 6.96. The fraction of sp³-hybridized carbons (Fsp3) is 0.500. The third-order valence-electron chi connectivity index (χ3n) is 5.00. The van der Waals surface area contributed by atoms with Gasteiger partial charge in [0.2, 0.25) is 5.91 Å². The van der Waals surface area contributed by atoms with Crippen LogP contribution < -0.4 is 5.32 Å². The van der Waals surface area contributed by atoms with E-state index in [4.69, 9.17) is 9.26 Å². The van der Waals surface area contributed by atoms with Crippen LogP contribution >= 0.6 is 0 Å². The summed E-state index contributed by atoms with van der Waals surface area (Å²) >= 11 is 0. The normalized spacial score (nSPS) is 20.4. The zero-order chi connectivity index (χ0) is 18.5. The van der Waals surface area contributed by atoms with E-state index < -0.39 is 0 Å². The van der Waals surface area contributed by atoms with E-state index in [9.17, 15) is 4.79 Å². The minimum absolute atomic E-state index is 0.0410. The maximum atomic E-state index is 12.3. The summed E-state index contributed by atoms with van der Waals surface area (Å²) < 4.78 is 11.0. The molecular weight excluding hydrogens is 330 g/mol. The Hall–Kier alpha value is -2.18. The average molecular weight is 357 g/mol. The number of aromatic nitrogens is 1. The number of carbonyl (C=O) groups is 1. The molecule has 2 atom stereocenters. The molecule has 2 heterocycles. The van der Waals surface area contributed by atoms with Gasteiger partial charge in [-0.25, -0.2) is 0 Å². The molecule has 26 heavy (non-hydrogen) atoms. The molecule has 0 spiro atoms. The molecule has 1 aromatic heterocycles. The number of likely N-dealkylation sites (tertiary alicyclic amines) is 1. The van der Waals surface area contributed by atoms with Crippen LogP contribution in [0.1, 0.15) is 22.6 Å². The molecule has 2 aromatic rings. The van der Waals surface area contributed by atoms with Crippen LogP contribution in [-0.4, -0.2) is 48.8 Å². The Kier molecular flexibility index (Phi) is 6.06. The number of amides is 1. The first kappa shape index (κ1) is 18.6. The fourth-order valence-corrected chi connectivity index (χ4v) is 3.55. The number of methoxy groups -OCH3 is 1. The number of benzene rings is 1. The highest BCUT2D eigenvalue weighted by Crippen LogP contribution is 2.23. The van der Waals surface area contributed by atoms with Crippen LogP contribution in [-0.2, 0) is 22.5 Å². The maximum Gasteiger partial charge on any atom is 0.234 e. The molecule has 1 aliphatic rings. The third-order valence-corrected chi connectivity index (χ3v) is 5.00. The quantitative estimate of drug-likeness (QED) is 0.822. The highest BCUT2D eigenvalue weighted by molar-refractivity contribution is 5.78. The van der Waals surface area contributed by atoms with Crippen molar-refractivity contribution < 1.29 is 14.1 Å². The molecule has 1 fully saturated rings. The van der Waals surface area contributed by atoms with Gasteiger partial charge >= 0.3 is 0 Å². The van der Waals surface area contributed by atoms with E-state index in [1.165, 1.54) is 5.56 Å². The fourth-order valence-electron chi connectivity index (χ4n) is 3.55. The van der Waals surface area contributed by atoms with Crippen molar-refractivity contribution in [3.63, 3.8) is 0 Å². The SMILES string of the molecule is CO[C@H]1CN(CC(=O)NCc2ccccc2C)C[C@H]1Cc1cc(C)no1. The number of nitrogens with zero attached hydrogens (tertiary/aromatic N) is 2. The minimum Gasteiger partial charge on any atom is -0.380 e. The van der Waals surface area contributed by atoms with Crippen LogP contribution in [0.4, 0.5) is 0 Å². The number of rotatable bonds is 7. The lowest BCUT2D eigenvalue weighted by molar-refractivity contribution is -0.122. The number of ether oxygens (including phenoxy) is 1. The smallest absolute Gasteiger partial charge is 0.234 e. The summed E-state index contributed by atoms with van der Waals surface area (Å²) in [6.07, 6.45) is 0.880. The Balaban J connectivity index is 1.50. The predicted octanol–water partition coefficient (Wildman–Crippen LogP) is 2.10. The lowest BCUT2D eigenvalue weighted by Gasteiger charge is -2.15. The number of carbonyl (C=O) groups excluding carboxylic acids is 1. The van der Waals surface area contributed by atoms with Gasteiger partial charge in [-0.1, -0.05) is 29.4 Å². The molecule has 6 nitrogen and oxygen atoms in total. The van der Waals surface area contributed by atoms with Crippen LogP contribution in [0.2, 0.25) is 0 Å². The van der Waals surface area contributed by atoms with Gasteiger partial charge in [-0.3, -0.25) is 9.69 Å². The van der Waals surface area contributed by atoms with Crippen LogP contribution in [0.15, 0.2) is 34.9 Å². The number of aryl methyl sites for hydroxylation is 2. The third kappa shape index (κ3) is 4.71. The van der Waals surface area contributed by atoms with Crippen molar-refractivity contribution in [1.29, 1.82) is 0 Å². The second kappa shape index (κ2) is 8.47. The van der Waals surface area contributed by atoms with E-state index >= 15 is 0 Å². The summed E-state index contributed by atoms with van der Waals surface area (Å²) in [5.74, 6) is 1.22. The molecule has 0 bridgehead atoms. The summed E-state index contributed by atoms with van der Waals surface area (Å²) in [6, 6.07) is 10.1. The van der Waals surface area contributed by atoms with E-state index in [0.717, 1.165) is 36.5 Å². The monoisotopic (exact) mass is 357 g/mol. The molecule has 140 valence electrons. The van der Waals surface area contributed by atoms with Gasteiger partial charge in [-0.2, -0.15) is 0 Å². The Morgan fingerprint density at radius 3 is 2.85 bits per heavy atom. The first-order chi connectivity index (χ1) is 12.5. The molecule has 0 radical (unpaired) electrons. The van der Waals surface area contributed by atoms with Crippen LogP contribution in [0.25, 0.3) is 0 Å². The summed E-state index contributed by atoms with van der Waals surface area (Å²) in [7, 11) is 1.73. The Morgan fingerprint density at radius 2 is 2.15 bits per heavy atom. The van der Waals surface area contributed by atoms with E-state index in [-0.39, 0.29) is 12.0 Å². The molecule has 0 saturated carbocycles. The lowest BCUT2D eigenvalue weighted by Crippen LogP contribution is -2.36. The number of hydrogen-bond acceptors (Lipinski definition) is 5. The van der Waals surface area contributed by atoms with Crippen molar-refractivity contribution in [3.05, 3.63) is 52.9 Å². The second-order valence-electron chi connectivity index (χ2n) is 7.07. The van der Waals surface area contributed by atoms with Gasteiger partial charge < -0.3 is 14.6 Å². The Morgan fingerprint density at radius 1 is 1.35 bits per heavy atom. The first-order valence-corrected chi connectivity index (χ1v) is 9.03. The van der Waals surface area contributed by atoms with Gasteiger partial charge in [-0.15, -0.1) is 0 Å². The van der Waals surface area contributed by atoms with Gasteiger partial charge in [0.1, 0.15) is 5.76 Å².